The SMILES string of the molecule is COc1c(Nc2nc(N)ncc2C(N)=O)cccc1-c1cccnc1. The molecule has 5 N–H and O–H groups in total. The van der Waals surface area contributed by atoms with Crippen LogP contribution in [0.4, 0.5) is 17.5 Å². The van der Waals surface area contributed by atoms with Gasteiger partial charge in [0, 0.05) is 29.7 Å². The fourth-order valence-corrected chi connectivity index (χ4v) is 2.40. The van der Waals surface area contributed by atoms with Gasteiger partial charge in [0.05, 0.1) is 12.8 Å². The summed E-state index contributed by atoms with van der Waals surface area (Å²) in [6.07, 6.45) is 4.71. The quantitative estimate of drug-likeness (QED) is 0.649. The molecule has 8 heteroatoms. The van der Waals surface area contributed by atoms with Crippen LogP contribution >= 0.6 is 0 Å². The summed E-state index contributed by atoms with van der Waals surface area (Å²) in [5.41, 5.74) is 13.4. The van der Waals surface area contributed by atoms with Gasteiger partial charge in [-0.15, -0.1) is 0 Å². The first-order chi connectivity index (χ1) is 12.1. The van der Waals surface area contributed by atoms with Crippen molar-refractivity contribution in [3.8, 4) is 16.9 Å². The van der Waals surface area contributed by atoms with E-state index in [4.69, 9.17) is 16.2 Å². The van der Waals surface area contributed by atoms with E-state index in [0.29, 0.717) is 11.4 Å². The van der Waals surface area contributed by atoms with Crippen LogP contribution in [0.2, 0.25) is 0 Å². The third-order valence-electron chi connectivity index (χ3n) is 3.52. The van der Waals surface area contributed by atoms with E-state index in [2.05, 4.69) is 20.3 Å². The number of methoxy groups -OCH3 is 1. The monoisotopic (exact) mass is 336 g/mol. The molecule has 0 aliphatic heterocycles. The van der Waals surface area contributed by atoms with Crippen molar-refractivity contribution in [3.63, 3.8) is 0 Å². The lowest BCUT2D eigenvalue weighted by Gasteiger charge is -2.16. The topological polar surface area (TPSA) is 129 Å². The molecule has 0 spiro atoms. The second-order valence-electron chi connectivity index (χ2n) is 5.11. The molecule has 0 unspecified atom stereocenters. The van der Waals surface area contributed by atoms with Crippen molar-refractivity contribution in [3.05, 3.63) is 54.5 Å². The number of carbonyl (C=O) groups is 1. The van der Waals surface area contributed by atoms with Crippen LogP contribution in [-0.2, 0) is 0 Å². The van der Waals surface area contributed by atoms with Gasteiger partial charge in [-0.25, -0.2) is 4.98 Å². The zero-order valence-corrected chi connectivity index (χ0v) is 13.4. The van der Waals surface area contributed by atoms with Crippen molar-refractivity contribution in [2.75, 3.05) is 18.2 Å². The number of nitrogen functional groups attached to an aromatic ring is 1. The number of pyridine rings is 1. The smallest absolute Gasteiger partial charge is 0.254 e. The maximum absolute atomic E-state index is 11.6. The Kier molecular flexibility index (Phi) is 4.42. The largest absolute Gasteiger partial charge is 0.494 e. The number of ether oxygens (including phenoxy) is 1. The van der Waals surface area contributed by atoms with Crippen LogP contribution in [0.25, 0.3) is 11.1 Å². The molecular formula is C17H16N6O2. The molecule has 0 aliphatic carbocycles. The predicted octanol–water partition coefficient (Wildman–Crippen LogP) is 1.97. The van der Waals surface area contributed by atoms with Crippen molar-refractivity contribution < 1.29 is 9.53 Å². The van der Waals surface area contributed by atoms with Crippen LogP contribution < -0.4 is 21.5 Å². The number of amides is 1. The minimum atomic E-state index is -0.662. The van der Waals surface area contributed by atoms with Gasteiger partial charge >= 0.3 is 0 Å². The van der Waals surface area contributed by atoms with Crippen LogP contribution in [0.5, 0.6) is 5.75 Å². The molecule has 2 heterocycles. The lowest BCUT2D eigenvalue weighted by Crippen LogP contribution is -2.16. The zero-order chi connectivity index (χ0) is 17.8. The molecule has 2 aromatic heterocycles. The van der Waals surface area contributed by atoms with Gasteiger partial charge in [-0.3, -0.25) is 9.78 Å². The predicted molar refractivity (Wildman–Crippen MR) is 94.5 cm³/mol. The molecule has 0 bridgehead atoms. The summed E-state index contributed by atoms with van der Waals surface area (Å²) in [7, 11) is 1.56. The standard InChI is InChI=1S/C17H16N6O2/c1-25-14-11(10-4-3-7-20-8-10)5-2-6-13(14)22-16-12(15(18)24)9-21-17(19)23-16/h2-9H,1H3,(H2,18,24)(H3,19,21,22,23). The van der Waals surface area contributed by atoms with Crippen molar-refractivity contribution in [1.29, 1.82) is 0 Å². The first-order valence-corrected chi connectivity index (χ1v) is 7.37. The Morgan fingerprint density at radius 2 is 2.04 bits per heavy atom. The Morgan fingerprint density at radius 1 is 1.20 bits per heavy atom. The third kappa shape index (κ3) is 3.32. The van der Waals surface area contributed by atoms with Gasteiger partial charge in [0.15, 0.2) is 0 Å². The van der Waals surface area contributed by atoms with Crippen molar-refractivity contribution in [1.82, 2.24) is 15.0 Å². The maximum Gasteiger partial charge on any atom is 0.254 e. The lowest BCUT2D eigenvalue weighted by atomic mass is 10.1. The van der Waals surface area contributed by atoms with Gasteiger partial charge in [-0.2, -0.15) is 4.98 Å². The number of aromatic nitrogens is 3. The lowest BCUT2D eigenvalue weighted by molar-refractivity contribution is 0.100. The van der Waals surface area contributed by atoms with Gasteiger partial charge in [-0.05, 0) is 12.1 Å². The number of nitrogens with two attached hydrogens (primary N) is 2. The molecule has 3 rings (SSSR count). The molecule has 0 saturated heterocycles. The van der Waals surface area contributed by atoms with Crippen molar-refractivity contribution in [2.45, 2.75) is 0 Å². The van der Waals surface area contributed by atoms with Gasteiger partial charge in [0.25, 0.3) is 5.91 Å². The first kappa shape index (κ1) is 16.2. The summed E-state index contributed by atoms with van der Waals surface area (Å²) in [5.74, 6) is 0.143. The summed E-state index contributed by atoms with van der Waals surface area (Å²) in [5, 5.41) is 3.05. The number of hydrogen-bond acceptors (Lipinski definition) is 7. The van der Waals surface area contributed by atoms with Crippen LogP contribution in [0.15, 0.2) is 48.9 Å². The van der Waals surface area contributed by atoms with Gasteiger partial charge < -0.3 is 21.5 Å². The minimum absolute atomic E-state index is 0.0230. The molecule has 0 radical (unpaired) electrons. The van der Waals surface area contributed by atoms with E-state index in [-0.39, 0.29) is 17.3 Å². The summed E-state index contributed by atoms with van der Waals surface area (Å²) >= 11 is 0. The maximum atomic E-state index is 11.6. The molecular weight excluding hydrogens is 320 g/mol. The molecule has 3 aromatic rings. The van der Waals surface area contributed by atoms with Gasteiger partial charge in [-0.1, -0.05) is 18.2 Å². The highest BCUT2D eigenvalue weighted by molar-refractivity contribution is 5.98. The van der Waals surface area contributed by atoms with E-state index in [9.17, 15) is 4.79 Å². The Bertz CT molecular complexity index is 914. The number of nitrogens with one attached hydrogen (secondary N) is 1. The number of para-hydroxylation sites is 1. The highest BCUT2D eigenvalue weighted by Gasteiger charge is 2.16. The van der Waals surface area contributed by atoms with E-state index in [1.807, 2.05) is 24.3 Å². The minimum Gasteiger partial charge on any atom is -0.494 e. The molecule has 126 valence electrons. The van der Waals surface area contributed by atoms with Gasteiger partial charge in [0.2, 0.25) is 5.95 Å². The summed E-state index contributed by atoms with van der Waals surface area (Å²) in [4.78, 5) is 23.6. The zero-order valence-electron chi connectivity index (χ0n) is 13.4. The molecule has 0 aliphatic rings. The fraction of sp³-hybridized carbons (Fsp3) is 0.0588. The average molecular weight is 336 g/mol. The second-order valence-corrected chi connectivity index (χ2v) is 5.11. The highest BCUT2D eigenvalue weighted by atomic mass is 16.5. The average Bonchev–Trinajstić information content (AvgIpc) is 2.62. The van der Waals surface area contributed by atoms with Crippen LogP contribution in [0.3, 0.4) is 0 Å². The number of benzene rings is 1. The molecule has 8 nitrogen and oxygen atoms in total. The molecule has 1 amide bonds. The number of anilines is 3. The fourth-order valence-electron chi connectivity index (χ4n) is 2.40. The molecule has 0 atom stereocenters. The van der Waals surface area contributed by atoms with E-state index in [0.717, 1.165) is 11.1 Å². The van der Waals surface area contributed by atoms with E-state index in [1.54, 1.807) is 25.6 Å². The number of nitrogens with zero attached hydrogens (tertiary/aromatic N) is 3. The van der Waals surface area contributed by atoms with E-state index < -0.39 is 5.91 Å². The number of hydrogen-bond donors (Lipinski definition) is 3. The third-order valence-corrected chi connectivity index (χ3v) is 3.52. The van der Waals surface area contributed by atoms with Crippen molar-refractivity contribution in [2.24, 2.45) is 5.73 Å². The second kappa shape index (κ2) is 6.83. The van der Waals surface area contributed by atoms with Crippen LogP contribution in [-0.4, -0.2) is 28.0 Å². The summed E-state index contributed by atoms with van der Waals surface area (Å²) in [6.45, 7) is 0. The Morgan fingerprint density at radius 3 is 2.72 bits per heavy atom. The van der Waals surface area contributed by atoms with E-state index in [1.165, 1.54) is 6.20 Å². The first-order valence-electron chi connectivity index (χ1n) is 7.37. The molecule has 1 aromatic carbocycles. The normalized spacial score (nSPS) is 10.3. The molecule has 25 heavy (non-hydrogen) atoms. The Labute approximate surface area is 143 Å². The molecule has 0 fully saturated rings. The van der Waals surface area contributed by atoms with Crippen molar-refractivity contribution >= 4 is 23.4 Å². The number of carbonyl (C=O) groups excluding carboxylic acids is 1. The Balaban J connectivity index is 2.08. The van der Waals surface area contributed by atoms with Crippen LogP contribution in [0, 0.1) is 0 Å². The molecule has 0 saturated carbocycles. The van der Waals surface area contributed by atoms with Crippen LogP contribution in [0.1, 0.15) is 10.4 Å². The van der Waals surface area contributed by atoms with E-state index >= 15 is 0 Å². The van der Waals surface area contributed by atoms with Gasteiger partial charge in [0.1, 0.15) is 17.1 Å². The number of primary amides is 1. The summed E-state index contributed by atoms with van der Waals surface area (Å²) in [6, 6.07) is 9.31. The Hall–Kier alpha value is -3.68. The summed E-state index contributed by atoms with van der Waals surface area (Å²) < 4.78 is 5.55. The number of rotatable bonds is 5. The highest BCUT2D eigenvalue weighted by Crippen LogP contribution is 2.37.